The van der Waals surface area contributed by atoms with Crippen molar-refractivity contribution < 1.29 is 23.8 Å². The van der Waals surface area contributed by atoms with E-state index in [1.165, 1.54) is 0 Å². The van der Waals surface area contributed by atoms with Gasteiger partial charge >= 0.3 is 12.1 Å². The number of aliphatic imine (C=N–C) groups is 1. The van der Waals surface area contributed by atoms with Gasteiger partial charge in [0.2, 0.25) is 0 Å². The van der Waals surface area contributed by atoms with Crippen molar-refractivity contribution in [1.82, 2.24) is 9.80 Å². The molecule has 9 heteroatoms. The maximum absolute atomic E-state index is 13.0. The molecule has 0 spiro atoms. The molecule has 8 nitrogen and oxygen atoms in total. The van der Waals surface area contributed by atoms with Crippen LogP contribution in [0.4, 0.5) is 10.5 Å². The van der Waals surface area contributed by atoms with Gasteiger partial charge in [-0.3, -0.25) is 4.79 Å². The number of amides is 1. The molecule has 0 bridgehead atoms. The van der Waals surface area contributed by atoms with Crippen molar-refractivity contribution in [3.63, 3.8) is 0 Å². The molecule has 2 aromatic carbocycles. The van der Waals surface area contributed by atoms with Gasteiger partial charge in [0.1, 0.15) is 22.9 Å². The van der Waals surface area contributed by atoms with E-state index in [0.29, 0.717) is 47.7 Å². The molecule has 0 saturated carbocycles. The van der Waals surface area contributed by atoms with Crippen molar-refractivity contribution in [2.24, 2.45) is 4.99 Å². The Hall–Kier alpha value is -3.26. The van der Waals surface area contributed by atoms with Crippen LogP contribution < -0.4 is 4.74 Å². The smallest absolute Gasteiger partial charge is 0.410 e. The Morgan fingerprint density at radius 3 is 2.66 bits per heavy atom. The number of carbonyl (C=O) groups is 2. The number of amidine groups is 1. The van der Waals surface area contributed by atoms with E-state index in [1.54, 1.807) is 30.0 Å². The number of benzene rings is 2. The van der Waals surface area contributed by atoms with Crippen LogP contribution in [0.15, 0.2) is 47.5 Å². The van der Waals surface area contributed by atoms with Crippen molar-refractivity contribution in [2.75, 3.05) is 26.2 Å². The average Bonchev–Trinajstić information content (AvgIpc) is 2.94. The van der Waals surface area contributed by atoms with Crippen LogP contribution in [0.5, 0.6) is 11.5 Å². The molecule has 2 heterocycles. The summed E-state index contributed by atoms with van der Waals surface area (Å²) in [5, 5.41) is 0.552. The molecule has 0 aliphatic carbocycles. The molecule has 0 N–H and O–H groups in total. The van der Waals surface area contributed by atoms with Gasteiger partial charge in [0.25, 0.3) is 0 Å². The highest BCUT2D eigenvalue weighted by Gasteiger charge is 2.37. The summed E-state index contributed by atoms with van der Waals surface area (Å²) < 4.78 is 17.0. The van der Waals surface area contributed by atoms with Crippen LogP contribution in [0.25, 0.3) is 0 Å². The van der Waals surface area contributed by atoms with Gasteiger partial charge in [-0.2, -0.15) is 0 Å². The maximum Gasteiger partial charge on any atom is 0.410 e. The van der Waals surface area contributed by atoms with E-state index in [9.17, 15) is 9.59 Å². The molecule has 1 amide bonds. The van der Waals surface area contributed by atoms with Gasteiger partial charge in [-0.15, -0.1) is 0 Å². The van der Waals surface area contributed by atoms with Crippen molar-refractivity contribution in [2.45, 2.75) is 45.8 Å². The molecular weight excluding hydrogens is 470 g/mol. The molecule has 0 radical (unpaired) electrons. The summed E-state index contributed by atoms with van der Waals surface area (Å²) in [6, 6.07) is 12.5. The Balaban J connectivity index is 1.68. The van der Waals surface area contributed by atoms with Crippen molar-refractivity contribution in [1.29, 1.82) is 0 Å². The SMILES string of the molecule is CCOC(=O)CC1CN(C2=Nc3cc(Cl)ccc3Oc3ccccc32)CCN1C(=O)OC(C)(C)C. The van der Waals surface area contributed by atoms with Crippen LogP contribution in [0, 0.1) is 0 Å². The third kappa shape index (κ3) is 5.88. The molecule has 4 rings (SSSR count). The first-order valence-corrected chi connectivity index (χ1v) is 12.1. The highest BCUT2D eigenvalue weighted by Crippen LogP contribution is 2.39. The Morgan fingerprint density at radius 1 is 1.14 bits per heavy atom. The maximum atomic E-state index is 13.0. The quantitative estimate of drug-likeness (QED) is 0.526. The third-order valence-corrected chi connectivity index (χ3v) is 5.85. The second-order valence-corrected chi connectivity index (χ2v) is 9.86. The molecule has 2 aliphatic heterocycles. The standard InChI is InChI=1S/C26H30ClN3O5/c1-5-33-23(31)15-18-16-29(12-13-30(18)25(32)35-26(2,3)4)24-19-8-6-7-9-21(19)34-22-11-10-17(27)14-20(22)28-24/h6-11,14,18H,5,12-13,15-16H2,1-4H3. The first-order valence-electron chi connectivity index (χ1n) is 11.7. The molecule has 2 aromatic rings. The van der Waals surface area contributed by atoms with E-state index < -0.39 is 17.7 Å². The number of rotatable bonds is 3. The lowest BCUT2D eigenvalue weighted by atomic mass is 10.1. The number of hydrogen-bond acceptors (Lipinski definition) is 7. The number of nitrogens with zero attached hydrogens (tertiary/aromatic N) is 3. The summed E-state index contributed by atoms with van der Waals surface area (Å²) in [5.74, 6) is 1.60. The number of piperazine rings is 1. The van der Waals surface area contributed by atoms with E-state index >= 15 is 0 Å². The minimum absolute atomic E-state index is 0.0530. The summed E-state index contributed by atoms with van der Waals surface area (Å²) in [5.41, 5.74) is 0.786. The summed E-state index contributed by atoms with van der Waals surface area (Å²) in [7, 11) is 0. The number of hydrogen-bond donors (Lipinski definition) is 0. The molecule has 1 fully saturated rings. The van der Waals surface area contributed by atoms with Crippen LogP contribution >= 0.6 is 11.6 Å². The van der Waals surface area contributed by atoms with Crippen LogP contribution in [0.1, 0.15) is 39.7 Å². The summed E-state index contributed by atoms with van der Waals surface area (Å²) in [6.07, 6.45) is -0.396. The van der Waals surface area contributed by atoms with Crippen molar-refractivity contribution in [3.05, 3.63) is 53.1 Å². The van der Waals surface area contributed by atoms with Crippen LogP contribution in [0.3, 0.4) is 0 Å². The second-order valence-electron chi connectivity index (χ2n) is 9.43. The molecule has 1 saturated heterocycles. The summed E-state index contributed by atoms with van der Waals surface area (Å²) in [6.45, 7) is 8.74. The fourth-order valence-electron chi connectivity index (χ4n) is 4.13. The van der Waals surface area contributed by atoms with Gasteiger partial charge in [0.05, 0.1) is 24.6 Å². The lowest BCUT2D eigenvalue weighted by Crippen LogP contribution is -2.58. The Bertz CT molecular complexity index is 1140. The molecule has 186 valence electrons. The summed E-state index contributed by atoms with van der Waals surface area (Å²) in [4.78, 5) is 34.0. The number of carbonyl (C=O) groups excluding carboxylic acids is 2. The minimum Gasteiger partial charge on any atom is -0.466 e. The van der Waals surface area contributed by atoms with Crippen LogP contribution in [0.2, 0.25) is 5.02 Å². The molecule has 2 aliphatic rings. The lowest BCUT2D eigenvalue weighted by Gasteiger charge is -2.42. The highest BCUT2D eigenvalue weighted by molar-refractivity contribution is 6.31. The van der Waals surface area contributed by atoms with E-state index in [2.05, 4.69) is 4.90 Å². The van der Waals surface area contributed by atoms with Gasteiger partial charge in [-0.1, -0.05) is 23.7 Å². The molecular formula is C26H30ClN3O5. The topological polar surface area (TPSA) is 80.7 Å². The number of fused-ring (bicyclic) bond motifs is 2. The largest absolute Gasteiger partial charge is 0.466 e. The van der Waals surface area contributed by atoms with Crippen LogP contribution in [-0.2, 0) is 14.3 Å². The molecule has 0 aromatic heterocycles. The molecule has 1 unspecified atom stereocenters. The Morgan fingerprint density at radius 2 is 1.91 bits per heavy atom. The lowest BCUT2D eigenvalue weighted by molar-refractivity contribution is -0.144. The van der Waals surface area contributed by atoms with Gasteiger partial charge < -0.3 is 24.0 Å². The molecule has 35 heavy (non-hydrogen) atoms. The Kier molecular flexibility index (Phi) is 7.21. The van der Waals surface area contributed by atoms with Gasteiger partial charge in [-0.25, -0.2) is 9.79 Å². The monoisotopic (exact) mass is 499 g/mol. The van der Waals surface area contributed by atoms with Crippen molar-refractivity contribution in [3.8, 4) is 11.5 Å². The highest BCUT2D eigenvalue weighted by atomic mass is 35.5. The number of ether oxygens (including phenoxy) is 3. The fraction of sp³-hybridized carbons (Fsp3) is 0.423. The predicted molar refractivity (Wildman–Crippen MR) is 134 cm³/mol. The number of halogens is 1. The zero-order valence-electron chi connectivity index (χ0n) is 20.4. The summed E-state index contributed by atoms with van der Waals surface area (Å²) >= 11 is 6.24. The first-order chi connectivity index (χ1) is 16.6. The average molecular weight is 500 g/mol. The van der Waals surface area contributed by atoms with Gasteiger partial charge in [0.15, 0.2) is 5.75 Å². The zero-order chi connectivity index (χ0) is 25.2. The normalized spacial score (nSPS) is 17.4. The number of para-hydroxylation sites is 1. The van der Waals surface area contributed by atoms with Crippen LogP contribution in [-0.4, -0.2) is 65.6 Å². The van der Waals surface area contributed by atoms with Crippen molar-refractivity contribution >= 4 is 35.2 Å². The zero-order valence-corrected chi connectivity index (χ0v) is 21.2. The van der Waals surface area contributed by atoms with E-state index in [4.69, 9.17) is 30.8 Å². The molecule has 1 atom stereocenters. The minimum atomic E-state index is -0.646. The number of esters is 1. The second kappa shape index (κ2) is 10.2. The predicted octanol–water partition coefficient (Wildman–Crippen LogP) is 5.40. The van der Waals surface area contributed by atoms with Gasteiger partial charge in [-0.05, 0) is 58.0 Å². The third-order valence-electron chi connectivity index (χ3n) is 5.61. The first kappa shape index (κ1) is 24.9. The van der Waals surface area contributed by atoms with E-state index in [0.717, 1.165) is 5.56 Å². The van der Waals surface area contributed by atoms with E-state index in [1.807, 2.05) is 45.0 Å². The fourth-order valence-corrected chi connectivity index (χ4v) is 4.30. The Labute approximate surface area is 210 Å². The van der Waals surface area contributed by atoms with Gasteiger partial charge in [0, 0.05) is 24.7 Å². The van der Waals surface area contributed by atoms with E-state index in [-0.39, 0.29) is 19.0 Å².